The van der Waals surface area contributed by atoms with Gasteiger partial charge in [0.15, 0.2) is 0 Å². The molecular formula is C13H19F3N2O3. The minimum Gasteiger partial charge on any atom is -0.392 e. The Hall–Kier alpha value is -1.31. The van der Waals surface area contributed by atoms with E-state index in [4.69, 9.17) is 0 Å². The maximum Gasteiger partial charge on any atom is 0.406 e. The Morgan fingerprint density at radius 2 is 2.10 bits per heavy atom. The quantitative estimate of drug-likeness (QED) is 0.805. The van der Waals surface area contributed by atoms with E-state index in [1.54, 1.807) is 0 Å². The summed E-state index contributed by atoms with van der Waals surface area (Å²) >= 11 is 0. The SMILES string of the molecule is CC1(C)C(O)CC1NC(=O)C1CC(=O)N(CC(F)(F)F)C1. The molecule has 1 heterocycles. The molecule has 0 radical (unpaired) electrons. The van der Waals surface area contributed by atoms with Crippen LogP contribution in [0.3, 0.4) is 0 Å². The van der Waals surface area contributed by atoms with E-state index in [0.717, 1.165) is 0 Å². The van der Waals surface area contributed by atoms with Crippen molar-refractivity contribution >= 4 is 11.8 Å². The summed E-state index contributed by atoms with van der Waals surface area (Å²) in [6, 6.07) is -0.216. The Kier molecular flexibility index (Phi) is 3.94. The van der Waals surface area contributed by atoms with Crippen molar-refractivity contribution in [3.8, 4) is 0 Å². The van der Waals surface area contributed by atoms with Crippen LogP contribution < -0.4 is 5.32 Å². The summed E-state index contributed by atoms with van der Waals surface area (Å²) in [5, 5.41) is 12.3. The minimum atomic E-state index is -4.46. The van der Waals surface area contributed by atoms with Crippen molar-refractivity contribution in [3.63, 3.8) is 0 Å². The smallest absolute Gasteiger partial charge is 0.392 e. The molecule has 2 aliphatic rings. The van der Waals surface area contributed by atoms with Crippen molar-refractivity contribution < 1.29 is 27.9 Å². The van der Waals surface area contributed by atoms with Crippen molar-refractivity contribution in [2.24, 2.45) is 11.3 Å². The highest BCUT2D eigenvalue weighted by Gasteiger charge is 2.49. The first-order valence-corrected chi connectivity index (χ1v) is 6.83. The molecule has 1 aliphatic heterocycles. The van der Waals surface area contributed by atoms with Crippen LogP contribution in [0.4, 0.5) is 13.2 Å². The number of nitrogens with one attached hydrogen (secondary N) is 1. The fourth-order valence-electron chi connectivity index (χ4n) is 2.75. The van der Waals surface area contributed by atoms with Crippen LogP contribution in [0.1, 0.15) is 26.7 Å². The lowest BCUT2D eigenvalue weighted by molar-refractivity contribution is -0.157. The highest BCUT2D eigenvalue weighted by atomic mass is 19.4. The third kappa shape index (κ3) is 3.30. The zero-order valence-electron chi connectivity index (χ0n) is 11.9. The highest BCUT2D eigenvalue weighted by Crippen LogP contribution is 2.40. The lowest BCUT2D eigenvalue weighted by Gasteiger charge is -2.49. The predicted molar refractivity (Wildman–Crippen MR) is 67.1 cm³/mol. The summed E-state index contributed by atoms with van der Waals surface area (Å²) in [5.41, 5.74) is -0.454. The van der Waals surface area contributed by atoms with Crippen LogP contribution in [0.5, 0.6) is 0 Å². The Morgan fingerprint density at radius 1 is 1.48 bits per heavy atom. The van der Waals surface area contributed by atoms with E-state index >= 15 is 0 Å². The second-order valence-corrected chi connectivity index (χ2v) is 6.42. The van der Waals surface area contributed by atoms with Gasteiger partial charge in [0.1, 0.15) is 6.54 Å². The average Bonchev–Trinajstić information content (AvgIpc) is 2.68. The van der Waals surface area contributed by atoms with Gasteiger partial charge in [-0.3, -0.25) is 9.59 Å². The molecule has 3 atom stereocenters. The molecule has 2 amide bonds. The fraction of sp³-hybridized carbons (Fsp3) is 0.846. The highest BCUT2D eigenvalue weighted by molar-refractivity contribution is 5.89. The van der Waals surface area contributed by atoms with Crippen molar-refractivity contribution in [1.82, 2.24) is 10.2 Å². The van der Waals surface area contributed by atoms with Crippen LogP contribution in [-0.2, 0) is 9.59 Å². The molecule has 3 unspecified atom stereocenters. The van der Waals surface area contributed by atoms with E-state index in [1.807, 2.05) is 13.8 Å². The van der Waals surface area contributed by atoms with Crippen LogP contribution in [-0.4, -0.2) is 53.2 Å². The topological polar surface area (TPSA) is 69.6 Å². The summed E-state index contributed by atoms with van der Waals surface area (Å²) in [6.45, 7) is 2.09. The zero-order chi connectivity index (χ0) is 16.0. The molecule has 0 bridgehead atoms. The van der Waals surface area contributed by atoms with Gasteiger partial charge < -0.3 is 15.3 Å². The van der Waals surface area contributed by atoms with E-state index in [-0.39, 0.29) is 19.0 Å². The number of carbonyl (C=O) groups is 2. The molecule has 0 aromatic carbocycles. The number of nitrogens with zero attached hydrogens (tertiary/aromatic N) is 1. The second kappa shape index (κ2) is 5.15. The Morgan fingerprint density at radius 3 is 2.57 bits per heavy atom. The Labute approximate surface area is 120 Å². The van der Waals surface area contributed by atoms with E-state index < -0.39 is 42.0 Å². The molecule has 1 saturated heterocycles. The van der Waals surface area contributed by atoms with Crippen LogP contribution in [0.15, 0.2) is 0 Å². The molecular weight excluding hydrogens is 289 g/mol. The molecule has 5 nitrogen and oxygen atoms in total. The third-order valence-corrected chi connectivity index (χ3v) is 4.49. The zero-order valence-corrected chi connectivity index (χ0v) is 11.9. The van der Waals surface area contributed by atoms with Crippen LogP contribution >= 0.6 is 0 Å². The lowest BCUT2D eigenvalue weighted by atomic mass is 9.64. The fourth-order valence-corrected chi connectivity index (χ4v) is 2.75. The molecule has 120 valence electrons. The standard InChI is InChI=1S/C13H19F3N2O3/c1-12(2)8(4-9(12)19)17-11(21)7-3-10(20)18(5-7)6-13(14,15)16/h7-9,19H,3-6H2,1-2H3,(H,17,21). The maximum atomic E-state index is 12.3. The first-order chi connectivity index (χ1) is 9.50. The van der Waals surface area contributed by atoms with Gasteiger partial charge in [-0.2, -0.15) is 13.2 Å². The van der Waals surface area contributed by atoms with Crippen LogP contribution in [0, 0.1) is 11.3 Å². The second-order valence-electron chi connectivity index (χ2n) is 6.42. The van der Waals surface area contributed by atoms with Gasteiger partial charge in [-0.1, -0.05) is 13.8 Å². The number of hydrogen-bond acceptors (Lipinski definition) is 3. The number of rotatable bonds is 3. The summed E-state index contributed by atoms with van der Waals surface area (Å²) < 4.78 is 36.9. The molecule has 2 N–H and O–H groups in total. The number of aliphatic hydroxyl groups is 1. The van der Waals surface area contributed by atoms with Gasteiger partial charge in [0, 0.05) is 24.4 Å². The van der Waals surface area contributed by atoms with Gasteiger partial charge in [-0.05, 0) is 6.42 Å². The number of likely N-dealkylation sites (tertiary alicyclic amines) is 1. The Balaban J connectivity index is 1.89. The number of aliphatic hydroxyl groups excluding tert-OH is 1. The normalized spacial score (nSPS) is 32.0. The van der Waals surface area contributed by atoms with Crippen molar-refractivity contribution in [3.05, 3.63) is 0 Å². The molecule has 2 rings (SSSR count). The van der Waals surface area contributed by atoms with Gasteiger partial charge in [0.25, 0.3) is 0 Å². The molecule has 8 heteroatoms. The van der Waals surface area contributed by atoms with Gasteiger partial charge in [-0.15, -0.1) is 0 Å². The van der Waals surface area contributed by atoms with E-state index in [9.17, 15) is 27.9 Å². The van der Waals surface area contributed by atoms with E-state index in [2.05, 4.69) is 5.32 Å². The number of carbonyl (C=O) groups excluding carboxylic acids is 2. The third-order valence-electron chi connectivity index (χ3n) is 4.49. The first-order valence-electron chi connectivity index (χ1n) is 6.83. The van der Waals surface area contributed by atoms with Gasteiger partial charge in [0.2, 0.25) is 11.8 Å². The van der Waals surface area contributed by atoms with Crippen molar-refractivity contribution in [2.45, 2.75) is 45.0 Å². The lowest BCUT2D eigenvalue weighted by Crippen LogP contribution is -2.61. The van der Waals surface area contributed by atoms with Gasteiger partial charge >= 0.3 is 6.18 Å². The summed E-state index contributed by atoms with van der Waals surface area (Å²) in [5.74, 6) is -1.83. The van der Waals surface area contributed by atoms with Crippen molar-refractivity contribution in [2.75, 3.05) is 13.1 Å². The molecule has 0 aromatic rings. The van der Waals surface area contributed by atoms with Crippen LogP contribution in [0.25, 0.3) is 0 Å². The van der Waals surface area contributed by atoms with Gasteiger partial charge in [-0.25, -0.2) is 0 Å². The molecule has 0 spiro atoms. The van der Waals surface area contributed by atoms with E-state index in [1.165, 1.54) is 0 Å². The summed E-state index contributed by atoms with van der Waals surface area (Å²) in [4.78, 5) is 24.2. The number of alkyl halides is 3. The number of hydrogen-bond donors (Lipinski definition) is 2. The predicted octanol–water partition coefficient (Wildman–Crippen LogP) is 0.673. The summed E-state index contributed by atoms with van der Waals surface area (Å²) in [6.07, 6.45) is -4.74. The molecule has 21 heavy (non-hydrogen) atoms. The maximum absolute atomic E-state index is 12.3. The molecule has 1 saturated carbocycles. The monoisotopic (exact) mass is 308 g/mol. The van der Waals surface area contributed by atoms with E-state index in [0.29, 0.717) is 11.3 Å². The number of amides is 2. The molecule has 0 aromatic heterocycles. The number of halogens is 3. The molecule has 1 aliphatic carbocycles. The summed E-state index contributed by atoms with van der Waals surface area (Å²) in [7, 11) is 0. The average molecular weight is 308 g/mol. The Bertz CT molecular complexity index is 450. The van der Waals surface area contributed by atoms with Crippen LogP contribution in [0.2, 0.25) is 0 Å². The molecule has 2 fully saturated rings. The van der Waals surface area contributed by atoms with Gasteiger partial charge in [0.05, 0.1) is 12.0 Å². The first kappa shape index (κ1) is 16.1. The minimum absolute atomic E-state index is 0.197. The van der Waals surface area contributed by atoms with Crippen molar-refractivity contribution in [1.29, 1.82) is 0 Å². The largest absolute Gasteiger partial charge is 0.406 e.